The van der Waals surface area contributed by atoms with Crippen LogP contribution < -0.4 is 16.4 Å². The minimum absolute atomic E-state index is 0.164. The van der Waals surface area contributed by atoms with Gasteiger partial charge in [0.25, 0.3) is 5.91 Å². The Kier molecular flexibility index (Phi) is 3.80. The van der Waals surface area contributed by atoms with Crippen molar-refractivity contribution >= 4 is 28.2 Å². The third-order valence-electron chi connectivity index (χ3n) is 3.91. The lowest BCUT2D eigenvalue weighted by molar-refractivity contribution is 0.0921. The molecule has 3 rings (SSSR count). The van der Waals surface area contributed by atoms with Gasteiger partial charge in [-0.15, -0.1) is 0 Å². The molecule has 7 heteroatoms. The first-order valence-electron chi connectivity index (χ1n) is 7.12. The first-order valence-corrected chi connectivity index (χ1v) is 7.94. The number of carbonyl (C=O) groups is 1. The van der Waals surface area contributed by atoms with Crippen molar-refractivity contribution in [1.82, 2.24) is 10.3 Å². The lowest BCUT2D eigenvalue weighted by Gasteiger charge is -2.14. The van der Waals surface area contributed by atoms with E-state index in [0.29, 0.717) is 17.5 Å². The average molecular weight is 296 g/mol. The molecule has 2 unspecified atom stereocenters. The molecule has 1 heterocycles. The monoisotopic (exact) mass is 296 g/mol. The molecule has 1 aromatic rings. The Hall–Kier alpha value is -1.34. The highest BCUT2D eigenvalue weighted by Crippen LogP contribution is 2.30. The molecule has 5 N–H and O–H groups in total. The molecule has 2 aliphatic carbocycles. The minimum Gasteiger partial charge on any atom is -0.393 e. The second-order valence-corrected chi connectivity index (χ2v) is 6.62. The molecule has 0 aromatic carbocycles. The van der Waals surface area contributed by atoms with E-state index in [1.807, 2.05) is 0 Å². The number of nitrogens with one attached hydrogen (secondary N) is 2. The summed E-state index contributed by atoms with van der Waals surface area (Å²) in [4.78, 5) is 16.8. The maximum absolute atomic E-state index is 12.1. The highest BCUT2D eigenvalue weighted by Gasteiger charge is 2.27. The van der Waals surface area contributed by atoms with Gasteiger partial charge >= 0.3 is 0 Å². The quantitative estimate of drug-likeness (QED) is 0.654. The van der Waals surface area contributed by atoms with Gasteiger partial charge in [0.05, 0.1) is 6.10 Å². The molecule has 2 saturated carbocycles. The number of aliphatic hydroxyl groups is 1. The summed E-state index contributed by atoms with van der Waals surface area (Å²) >= 11 is 1.30. The Morgan fingerprint density at radius 3 is 2.85 bits per heavy atom. The zero-order valence-corrected chi connectivity index (χ0v) is 12.1. The van der Waals surface area contributed by atoms with Crippen LogP contribution in [-0.4, -0.2) is 34.7 Å². The van der Waals surface area contributed by atoms with Gasteiger partial charge in [-0.1, -0.05) is 17.8 Å². The Morgan fingerprint density at radius 1 is 1.40 bits per heavy atom. The Balaban J connectivity index is 1.57. The number of nitrogens with two attached hydrogens (primary N) is 1. The topological polar surface area (TPSA) is 100 Å². The normalized spacial score (nSPS) is 25.6. The van der Waals surface area contributed by atoms with E-state index in [4.69, 9.17) is 5.73 Å². The highest BCUT2D eigenvalue weighted by molar-refractivity contribution is 7.18. The Bertz CT molecular complexity index is 501. The summed E-state index contributed by atoms with van der Waals surface area (Å²) in [6.07, 6.45) is 4.84. The van der Waals surface area contributed by atoms with E-state index in [1.54, 1.807) is 0 Å². The van der Waals surface area contributed by atoms with Crippen LogP contribution in [0.3, 0.4) is 0 Å². The third kappa shape index (κ3) is 3.04. The molecule has 0 bridgehead atoms. The molecular weight excluding hydrogens is 276 g/mol. The van der Waals surface area contributed by atoms with Gasteiger partial charge in [-0.05, 0) is 25.7 Å². The van der Waals surface area contributed by atoms with E-state index >= 15 is 0 Å². The fourth-order valence-electron chi connectivity index (χ4n) is 2.52. The van der Waals surface area contributed by atoms with Crippen molar-refractivity contribution < 1.29 is 9.90 Å². The molecule has 0 aliphatic heterocycles. The van der Waals surface area contributed by atoms with Gasteiger partial charge in [0.15, 0.2) is 5.13 Å². The summed E-state index contributed by atoms with van der Waals surface area (Å²) in [5.41, 5.74) is 5.80. The van der Waals surface area contributed by atoms with Crippen LogP contribution in [0.4, 0.5) is 10.9 Å². The molecule has 2 atom stereocenters. The Morgan fingerprint density at radius 2 is 2.20 bits per heavy atom. The summed E-state index contributed by atoms with van der Waals surface area (Å²) in [7, 11) is 0. The lowest BCUT2D eigenvalue weighted by Crippen LogP contribution is -2.32. The summed E-state index contributed by atoms with van der Waals surface area (Å²) < 4.78 is 0. The molecule has 2 aliphatic rings. The van der Waals surface area contributed by atoms with E-state index in [2.05, 4.69) is 15.6 Å². The molecular formula is C13H20N4O2S. The standard InChI is InChI=1S/C13H20N4O2S/c14-11-10(20-13(17-11)16-8-4-5-8)12(19)15-6-7-2-1-3-9(7)18/h7-9,18H,1-6,14H2,(H,15,19)(H,16,17). The van der Waals surface area contributed by atoms with Crippen molar-refractivity contribution in [3.8, 4) is 0 Å². The fraction of sp³-hybridized carbons (Fsp3) is 0.692. The number of nitrogens with zero attached hydrogens (tertiary/aromatic N) is 1. The van der Waals surface area contributed by atoms with Crippen molar-refractivity contribution in [3.63, 3.8) is 0 Å². The van der Waals surface area contributed by atoms with Gasteiger partial charge < -0.3 is 21.5 Å². The van der Waals surface area contributed by atoms with Crippen molar-refractivity contribution in [2.24, 2.45) is 5.92 Å². The number of hydrogen-bond acceptors (Lipinski definition) is 6. The van der Waals surface area contributed by atoms with Gasteiger partial charge in [-0.25, -0.2) is 4.98 Å². The molecule has 20 heavy (non-hydrogen) atoms. The number of thiazole rings is 1. The van der Waals surface area contributed by atoms with Crippen molar-refractivity contribution in [2.45, 2.75) is 44.2 Å². The second-order valence-electron chi connectivity index (χ2n) is 5.62. The lowest BCUT2D eigenvalue weighted by atomic mass is 10.1. The van der Waals surface area contributed by atoms with Crippen molar-refractivity contribution in [1.29, 1.82) is 0 Å². The van der Waals surface area contributed by atoms with Crippen molar-refractivity contribution in [2.75, 3.05) is 17.6 Å². The van der Waals surface area contributed by atoms with Crippen LogP contribution in [0.15, 0.2) is 0 Å². The molecule has 2 fully saturated rings. The van der Waals surface area contributed by atoms with Gasteiger partial charge in [0.1, 0.15) is 10.7 Å². The van der Waals surface area contributed by atoms with Crippen LogP contribution in [-0.2, 0) is 0 Å². The zero-order valence-electron chi connectivity index (χ0n) is 11.3. The number of hydrogen-bond donors (Lipinski definition) is 4. The highest BCUT2D eigenvalue weighted by atomic mass is 32.1. The number of anilines is 2. The van der Waals surface area contributed by atoms with Crippen LogP contribution in [0.5, 0.6) is 0 Å². The van der Waals surface area contributed by atoms with E-state index < -0.39 is 0 Å². The van der Waals surface area contributed by atoms with Gasteiger partial charge in [0, 0.05) is 18.5 Å². The number of carbonyl (C=O) groups excluding carboxylic acids is 1. The van der Waals surface area contributed by atoms with E-state index in [9.17, 15) is 9.90 Å². The smallest absolute Gasteiger partial charge is 0.265 e. The number of amides is 1. The number of rotatable bonds is 5. The summed E-state index contributed by atoms with van der Waals surface area (Å²) in [5.74, 6) is 0.253. The molecule has 0 radical (unpaired) electrons. The van der Waals surface area contributed by atoms with Crippen LogP contribution in [0, 0.1) is 5.92 Å². The molecule has 1 aromatic heterocycles. The van der Waals surface area contributed by atoms with E-state index in [-0.39, 0.29) is 23.7 Å². The third-order valence-corrected chi connectivity index (χ3v) is 4.91. The molecule has 1 amide bonds. The Labute approximate surface area is 121 Å². The first kappa shape index (κ1) is 13.6. The SMILES string of the molecule is Nc1nc(NC2CC2)sc1C(=O)NCC1CCCC1O. The first-order chi connectivity index (χ1) is 9.63. The minimum atomic E-state index is -0.291. The summed E-state index contributed by atoms with van der Waals surface area (Å²) in [5, 5.41) is 16.6. The van der Waals surface area contributed by atoms with E-state index in [1.165, 1.54) is 11.3 Å². The predicted octanol–water partition coefficient (Wildman–Crippen LogP) is 1.19. The molecule has 6 nitrogen and oxygen atoms in total. The maximum Gasteiger partial charge on any atom is 0.265 e. The van der Waals surface area contributed by atoms with Gasteiger partial charge in [-0.3, -0.25) is 4.79 Å². The summed E-state index contributed by atoms with van der Waals surface area (Å²) in [6.45, 7) is 0.503. The molecule has 0 spiro atoms. The van der Waals surface area contributed by atoms with Gasteiger partial charge in [0.2, 0.25) is 0 Å². The van der Waals surface area contributed by atoms with Crippen LogP contribution in [0.2, 0.25) is 0 Å². The van der Waals surface area contributed by atoms with Crippen molar-refractivity contribution in [3.05, 3.63) is 4.88 Å². The number of aliphatic hydroxyl groups excluding tert-OH is 1. The second kappa shape index (κ2) is 5.57. The fourth-order valence-corrected chi connectivity index (χ4v) is 3.40. The van der Waals surface area contributed by atoms with Gasteiger partial charge in [-0.2, -0.15) is 0 Å². The summed E-state index contributed by atoms with van der Waals surface area (Å²) in [6, 6.07) is 0.491. The zero-order chi connectivity index (χ0) is 14.1. The molecule has 0 saturated heterocycles. The number of aromatic nitrogens is 1. The van der Waals surface area contributed by atoms with Crippen LogP contribution in [0.1, 0.15) is 41.8 Å². The largest absolute Gasteiger partial charge is 0.393 e. The maximum atomic E-state index is 12.1. The number of nitrogen functional groups attached to an aromatic ring is 1. The molecule has 110 valence electrons. The predicted molar refractivity (Wildman–Crippen MR) is 78.9 cm³/mol. The van der Waals surface area contributed by atoms with Crippen LogP contribution >= 0.6 is 11.3 Å². The van der Waals surface area contributed by atoms with Crippen LogP contribution in [0.25, 0.3) is 0 Å². The average Bonchev–Trinajstić information content (AvgIpc) is 3.01. The van der Waals surface area contributed by atoms with E-state index in [0.717, 1.165) is 37.2 Å².